The number of rotatable bonds is 7. The highest BCUT2D eigenvalue weighted by atomic mass is 16.5. The summed E-state index contributed by atoms with van der Waals surface area (Å²) in [5.41, 5.74) is 1.92. The number of ether oxygens (including phenoxy) is 3. The molecule has 0 aromatic heterocycles. The Labute approximate surface area is 192 Å². The number of carbonyl (C=O) groups excluding carboxylic acids is 2. The van der Waals surface area contributed by atoms with Crippen molar-refractivity contribution in [3.8, 4) is 23.0 Å². The standard InChI is InChI=1S/C26H26N2O5/c1-4-28-21-15-17(11-13-24(21)33-22-10-8-7-9-19(22)26(28)30)25(29)27-20-16-18(31-5-2)12-14-23(20)32-6-3/h7-16H,4-6H2,1-3H3,(H,27,29). The van der Waals surface area contributed by atoms with Crippen molar-refractivity contribution in [2.24, 2.45) is 0 Å². The van der Waals surface area contributed by atoms with E-state index in [0.717, 1.165) is 0 Å². The topological polar surface area (TPSA) is 77.1 Å². The van der Waals surface area contributed by atoms with Crippen LogP contribution in [0.4, 0.5) is 11.4 Å². The molecule has 170 valence electrons. The van der Waals surface area contributed by atoms with Crippen LogP contribution in [-0.4, -0.2) is 31.6 Å². The van der Waals surface area contributed by atoms with Gasteiger partial charge in [-0.3, -0.25) is 9.59 Å². The van der Waals surface area contributed by atoms with Crippen molar-refractivity contribution < 1.29 is 23.8 Å². The van der Waals surface area contributed by atoms with Crippen LogP contribution < -0.4 is 24.4 Å². The summed E-state index contributed by atoms with van der Waals surface area (Å²) in [4.78, 5) is 27.9. The lowest BCUT2D eigenvalue weighted by Gasteiger charge is -2.21. The Morgan fingerprint density at radius 1 is 0.939 bits per heavy atom. The van der Waals surface area contributed by atoms with E-state index >= 15 is 0 Å². The minimum Gasteiger partial charge on any atom is -0.494 e. The molecule has 0 fully saturated rings. The minimum atomic E-state index is -0.335. The van der Waals surface area contributed by atoms with Crippen LogP contribution in [0.2, 0.25) is 0 Å². The maximum absolute atomic E-state index is 13.2. The molecule has 7 heteroatoms. The monoisotopic (exact) mass is 446 g/mol. The molecular weight excluding hydrogens is 420 g/mol. The van der Waals surface area contributed by atoms with Crippen LogP contribution in [0.1, 0.15) is 41.5 Å². The molecule has 0 bridgehead atoms. The fourth-order valence-electron chi connectivity index (χ4n) is 3.71. The number of nitrogens with one attached hydrogen (secondary N) is 1. The number of anilines is 2. The molecule has 2 amide bonds. The van der Waals surface area contributed by atoms with Gasteiger partial charge in [0.2, 0.25) is 0 Å². The summed E-state index contributed by atoms with van der Waals surface area (Å²) in [5.74, 6) is 1.68. The Morgan fingerprint density at radius 3 is 2.48 bits per heavy atom. The Morgan fingerprint density at radius 2 is 1.73 bits per heavy atom. The Balaban J connectivity index is 1.67. The van der Waals surface area contributed by atoms with Gasteiger partial charge in [-0.05, 0) is 63.2 Å². The van der Waals surface area contributed by atoms with Gasteiger partial charge < -0.3 is 24.4 Å². The van der Waals surface area contributed by atoms with Crippen molar-refractivity contribution in [2.75, 3.05) is 30.0 Å². The first kappa shape index (κ1) is 22.2. The molecule has 0 atom stereocenters. The van der Waals surface area contributed by atoms with E-state index < -0.39 is 0 Å². The minimum absolute atomic E-state index is 0.174. The average Bonchev–Trinajstić information content (AvgIpc) is 2.94. The zero-order valence-electron chi connectivity index (χ0n) is 18.9. The molecule has 0 unspecified atom stereocenters. The first-order chi connectivity index (χ1) is 16.0. The van der Waals surface area contributed by atoms with Crippen LogP contribution in [0.15, 0.2) is 60.7 Å². The number of hydrogen-bond acceptors (Lipinski definition) is 5. The van der Waals surface area contributed by atoms with E-state index in [-0.39, 0.29) is 11.8 Å². The average molecular weight is 447 g/mol. The molecule has 3 aromatic rings. The molecule has 1 aliphatic heterocycles. The number of carbonyl (C=O) groups is 2. The summed E-state index contributed by atoms with van der Waals surface area (Å²) in [6.07, 6.45) is 0. The second-order valence-electron chi connectivity index (χ2n) is 7.31. The quantitative estimate of drug-likeness (QED) is 0.518. The van der Waals surface area contributed by atoms with Gasteiger partial charge in [-0.25, -0.2) is 0 Å². The molecule has 7 nitrogen and oxygen atoms in total. The van der Waals surface area contributed by atoms with Gasteiger partial charge >= 0.3 is 0 Å². The SMILES string of the molecule is CCOc1ccc(OCC)c(NC(=O)c2ccc3c(c2)N(CC)C(=O)c2ccccc2O3)c1. The van der Waals surface area contributed by atoms with Gasteiger partial charge in [-0.15, -0.1) is 0 Å². The van der Waals surface area contributed by atoms with Crippen molar-refractivity contribution in [2.45, 2.75) is 20.8 Å². The van der Waals surface area contributed by atoms with Gasteiger partial charge in [0.25, 0.3) is 11.8 Å². The van der Waals surface area contributed by atoms with Gasteiger partial charge in [-0.2, -0.15) is 0 Å². The molecule has 1 N–H and O–H groups in total. The molecule has 33 heavy (non-hydrogen) atoms. The summed E-state index contributed by atoms with van der Waals surface area (Å²) in [7, 11) is 0. The summed E-state index contributed by atoms with van der Waals surface area (Å²) in [6.45, 7) is 7.06. The van der Waals surface area contributed by atoms with Crippen LogP contribution in [0.5, 0.6) is 23.0 Å². The fraction of sp³-hybridized carbons (Fsp3) is 0.231. The van der Waals surface area contributed by atoms with Crippen molar-refractivity contribution in [1.29, 1.82) is 0 Å². The highest BCUT2D eigenvalue weighted by molar-refractivity contribution is 6.11. The lowest BCUT2D eigenvalue weighted by atomic mass is 10.1. The molecule has 0 saturated heterocycles. The number of amides is 2. The Bertz CT molecular complexity index is 1190. The van der Waals surface area contributed by atoms with Crippen LogP contribution >= 0.6 is 0 Å². The third-order valence-corrected chi connectivity index (χ3v) is 5.22. The third-order valence-electron chi connectivity index (χ3n) is 5.22. The second-order valence-corrected chi connectivity index (χ2v) is 7.31. The predicted octanol–water partition coefficient (Wildman–Crippen LogP) is 5.51. The molecular formula is C26H26N2O5. The smallest absolute Gasteiger partial charge is 0.262 e. The van der Waals surface area contributed by atoms with Crippen LogP contribution in [0.3, 0.4) is 0 Å². The van der Waals surface area contributed by atoms with Crippen molar-refractivity contribution >= 4 is 23.2 Å². The van der Waals surface area contributed by atoms with Crippen LogP contribution in [-0.2, 0) is 0 Å². The van der Waals surface area contributed by atoms with E-state index in [1.54, 1.807) is 59.5 Å². The van der Waals surface area contributed by atoms with Crippen LogP contribution in [0.25, 0.3) is 0 Å². The first-order valence-corrected chi connectivity index (χ1v) is 11.0. The van der Waals surface area contributed by atoms with Gasteiger partial charge in [0.15, 0.2) is 5.75 Å². The van der Waals surface area contributed by atoms with Crippen LogP contribution in [0, 0.1) is 0 Å². The largest absolute Gasteiger partial charge is 0.494 e. The number of benzene rings is 3. The van der Waals surface area contributed by atoms with E-state index in [1.807, 2.05) is 26.8 Å². The number of fused-ring (bicyclic) bond motifs is 2. The second kappa shape index (κ2) is 9.65. The fourth-order valence-corrected chi connectivity index (χ4v) is 3.71. The molecule has 1 heterocycles. The number of para-hydroxylation sites is 1. The zero-order chi connectivity index (χ0) is 23.4. The zero-order valence-corrected chi connectivity index (χ0v) is 18.9. The summed E-state index contributed by atoms with van der Waals surface area (Å²) < 4.78 is 17.2. The molecule has 1 aliphatic rings. The molecule has 3 aromatic carbocycles. The van der Waals surface area contributed by atoms with Gasteiger partial charge in [0.1, 0.15) is 17.2 Å². The molecule has 0 spiro atoms. The van der Waals surface area contributed by atoms with E-state index in [9.17, 15) is 9.59 Å². The van der Waals surface area contributed by atoms with Gasteiger partial charge in [-0.1, -0.05) is 12.1 Å². The normalized spacial score (nSPS) is 12.2. The highest BCUT2D eigenvalue weighted by Gasteiger charge is 2.28. The molecule has 0 saturated carbocycles. The molecule has 4 rings (SSSR count). The number of nitrogens with zero attached hydrogens (tertiary/aromatic N) is 1. The van der Waals surface area contributed by atoms with E-state index in [0.29, 0.717) is 65.3 Å². The summed E-state index contributed by atoms with van der Waals surface area (Å²) in [6, 6.07) is 17.5. The van der Waals surface area contributed by atoms with Crippen molar-refractivity contribution in [1.82, 2.24) is 0 Å². The van der Waals surface area contributed by atoms with E-state index in [2.05, 4.69) is 5.32 Å². The van der Waals surface area contributed by atoms with E-state index in [4.69, 9.17) is 14.2 Å². The Hall–Kier alpha value is -4.00. The highest BCUT2D eigenvalue weighted by Crippen LogP contribution is 2.39. The summed E-state index contributed by atoms with van der Waals surface area (Å²) in [5, 5.41) is 2.91. The maximum atomic E-state index is 13.2. The maximum Gasteiger partial charge on any atom is 0.262 e. The van der Waals surface area contributed by atoms with E-state index in [1.165, 1.54) is 0 Å². The van der Waals surface area contributed by atoms with Gasteiger partial charge in [0.05, 0.1) is 30.2 Å². The third kappa shape index (κ3) is 4.48. The number of hydrogen-bond donors (Lipinski definition) is 1. The lowest BCUT2D eigenvalue weighted by Crippen LogP contribution is -2.30. The first-order valence-electron chi connectivity index (χ1n) is 11.0. The summed E-state index contributed by atoms with van der Waals surface area (Å²) >= 11 is 0. The molecule has 0 radical (unpaired) electrons. The lowest BCUT2D eigenvalue weighted by molar-refractivity contribution is 0.0985. The predicted molar refractivity (Wildman–Crippen MR) is 127 cm³/mol. The van der Waals surface area contributed by atoms with Crippen molar-refractivity contribution in [3.63, 3.8) is 0 Å². The van der Waals surface area contributed by atoms with Gasteiger partial charge in [0, 0.05) is 18.2 Å². The van der Waals surface area contributed by atoms with Crippen molar-refractivity contribution in [3.05, 3.63) is 71.8 Å². The molecule has 0 aliphatic carbocycles. The Kier molecular flexibility index (Phi) is 6.49.